The second-order valence-corrected chi connectivity index (χ2v) is 5.56. The van der Waals surface area contributed by atoms with Gasteiger partial charge >= 0.3 is 0 Å². The van der Waals surface area contributed by atoms with Crippen LogP contribution in [-0.2, 0) is 11.3 Å². The summed E-state index contributed by atoms with van der Waals surface area (Å²) in [7, 11) is 5.56. The zero-order valence-electron chi connectivity index (χ0n) is 15.2. The van der Waals surface area contributed by atoms with E-state index in [1.165, 1.54) is 0 Å². The molecule has 0 saturated heterocycles. The van der Waals surface area contributed by atoms with Gasteiger partial charge in [0, 0.05) is 52.5 Å². The van der Waals surface area contributed by atoms with Gasteiger partial charge in [0.15, 0.2) is 5.96 Å². The van der Waals surface area contributed by atoms with Crippen molar-refractivity contribution in [1.29, 1.82) is 0 Å². The molecule has 0 unspecified atom stereocenters. The number of nitrogens with two attached hydrogens (primary N) is 1. The fraction of sp³-hybridized carbons (Fsp3) is 0.529. The number of guanidine groups is 1. The third-order valence-electron chi connectivity index (χ3n) is 3.60. The largest absolute Gasteiger partial charge is 0.385 e. The molecule has 0 spiro atoms. The standard InChI is InChI=1S/C17H29N5O2.HI/c1-19-17(20-9-11-22(2)10-4-12-24-3)21-13-14-5-7-15(8-6-14)16(18)23;/h5-8H,4,9-13H2,1-3H3,(H2,18,23)(H2,19,20,21);1H. The van der Waals surface area contributed by atoms with Gasteiger partial charge in [0.2, 0.25) is 5.91 Å². The van der Waals surface area contributed by atoms with Crippen molar-refractivity contribution >= 4 is 35.8 Å². The first-order valence-electron chi connectivity index (χ1n) is 8.07. The summed E-state index contributed by atoms with van der Waals surface area (Å²) in [6.07, 6.45) is 1.03. The first-order valence-corrected chi connectivity index (χ1v) is 8.07. The SMILES string of the molecule is CN=C(NCCN(C)CCCOC)NCc1ccc(C(N)=O)cc1.I. The molecule has 0 aliphatic carbocycles. The molecule has 7 nitrogen and oxygen atoms in total. The number of likely N-dealkylation sites (N-methyl/N-ethyl adjacent to an activating group) is 1. The lowest BCUT2D eigenvalue weighted by Gasteiger charge is -2.18. The lowest BCUT2D eigenvalue weighted by Crippen LogP contribution is -2.40. The van der Waals surface area contributed by atoms with E-state index in [9.17, 15) is 4.79 Å². The molecule has 1 aromatic rings. The highest BCUT2D eigenvalue weighted by Gasteiger charge is 2.02. The molecule has 4 N–H and O–H groups in total. The van der Waals surface area contributed by atoms with Crippen molar-refractivity contribution in [2.24, 2.45) is 10.7 Å². The molecule has 0 fully saturated rings. The number of carbonyl (C=O) groups excluding carboxylic acids is 1. The molecule has 0 saturated carbocycles. The van der Waals surface area contributed by atoms with Crippen molar-refractivity contribution in [3.63, 3.8) is 0 Å². The summed E-state index contributed by atoms with van der Waals surface area (Å²) < 4.78 is 5.05. The highest BCUT2D eigenvalue weighted by Crippen LogP contribution is 2.03. The van der Waals surface area contributed by atoms with Gasteiger partial charge in [-0.15, -0.1) is 24.0 Å². The van der Waals surface area contributed by atoms with Crippen LogP contribution in [0.4, 0.5) is 0 Å². The molecular formula is C17H30IN5O2. The zero-order valence-corrected chi connectivity index (χ0v) is 17.6. The maximum atomic E-state index is 11.0. The number of carbonyl (C=O) groups is 1. The number of amides is 1. The normalized spacial score (nSPS) is 11.1. The number of benzene rings is 1. The van der Waals surface area contributed by atoms with Gasteiger partial charge in [0.05, 0.1) is 0 Å². The van der Waals surface area contributed by atoms with Crippen molar-refractivity contribution in [1.82, 2.24) is 15.5 Å². The van der Waals surface area contributed by atoms with Gasteiger partial charge in [-0.05, 0) is 31.2 Å². The lowest BCUT2D eigenvalue weighted by atomic mass is 10.1. The molecule has 25 heavy (non-hydrogen) atoms. The van der Waals surface area contributed by atoms with Crippen LogP contribution in [0, 0.1) is 0 Å². The summed E-state index contributed by atoms with van der Waals surface area (Å²) >= 11 is 0. The van der Waals surface area contributed by atoms with Crippen molar-refractivity contribution in [2.75, 3.05) is 47.4 Å². The average molecular weight is 463 g/mol. The number of hydrogen-bond donors (Lipinski definition) is 3. The molecule has 0 aliphatic rings. The molecule has 0 bridgehead atoms. The second kappa shape index (κ2) is 13.9. The second-order valence-electron chi connectivity index (χ2n) is 5.56. The van der Waals surface area contributed by atoms with E-state index in [0.717, 1.165) is 44.2 Å². The Morgan fingerprint density at radius 1 is 1.24 bits per heavy atom. The van der Waals surface area contributed by atoms with E-state index in [2.05, 4.69) is 27.6 Å². The minimum absolute atomic E-state index is 0. The maximum Gasteiger partial charge on any atom is 0.248 e. The fourth-order valence-corrected chi connectivity index (χ4v) is 2.15. The van der Waals surface area contributed by atoms with Gasteiger partial charge in [0.1, 0.15) is 0 Å². The lowest BCUT2D eigenvalue weighted by molar-refractivity contribution is 0.100. The van der Waals surface area contributed by atoms with Crippen LogP contribution in [0.3, 0.4) is 0 Å². The van der Waals surface area contributed by atoms with Gasteiger partial charge in [-0.25, -0.2) is 0 Å². The highest BCUT2D eigenvalue weighted by molar-refractivity contribution is 14.0. The van der Waals surface area contributed by atoms with E-state index in [1.807, 2.05) is 12.1 Å². The summed E-state index contributed by atoms with van der Waals surface area (Å²) in [5.74, 6) is 0.334. The number of aliphatic imine (C=N–C) groups is 1. The number of primary amides is 1. The molecule has 1 rings (SSSR count). The molecule has 0 aliphatic heterocycles. The molecular weight excluding hydrogens is 433 g/mol. The summed E-state index contributed by atoms with van der Waals surface area (Å²) in [5.41, 5.74) is 6.80. The molecule has 0 aromatic heterocycles. The molecule has 0 atom stereocenters. The first-order chi connectivity index (χ1) is 11.6. The molecule has 0 heterocycles. The van der Waals surface area contributed by atoms with E-state index in [0.29, 0.717) is 12.1 Å². The summed E-state index contributed by atoms with van der Waals surface area (Å²) in [5, 5.41) is 6.53. The van der Waals surface area contributed by atoms with E-state index in [-0.39, 0.29) is 24.0 Å². The Morgan fingerprint density at radius 3 is 2.48 bits per heavy atom. The zero-order chi connectivity index (χ0) is 17.8. The van der Waals surface area contributed by atoms with E-state index in [1.54, 1.807) is 26.3 Å². The summed E-state index contributed by atoms with van der Waals surface area (Å²) in [4.78, 5) is 17.5. The predicted molar refractivity (Wildman–Crippen MR) is 113 cm³/mol. The third-order valence-corrected chi connectivity index (χ3v) is 3.60. The van der Waals surface area contributed by atoms with Crippen LogP contribution < -0.4 is 16.4 Å². The number of halogens is 1. The Kier molecular flexibility index (Phi) is 13.1. The topological polar surface area (TPSA) is 92.0 Å². The van der Waals surface area contributed by atoms with Crippen LogP contribution in [0.15, 0.2) is 29.3 Å². The number of nitrogens with zero attached hydrogens (tertiary/aromatic N) is 2. The Balaban J connectivity index is 0.00000576. The quantitative estimate of drug-likeness (QED) is 0.209. The van der Waals surface area contributed by atoms with Crippen LogP contribution in [0.5, 0.6) is 0 Å². The van der Waals surface area contributed by atoms with Gasteiger partial charge in [-0.3, -0.25) is 9.79 Å². The van der Waals surface area contributed by atoms with Gasteiger partial charge in [0.25, 0.3) is 0 Å². The van der Waals surface area contributed by atoms with Gasteiger partial charge < -0.3 is 26.0 Å². The Labute approximate surface area is 167 Å². The first kappa shape index (κ1) is 23.6. The van der Waals surface area contributed by atoms with Crippen LogP contribution in [0.25, 0.3) is 0 Å². The van der Waals surface area contributed by atoms with Crippen LogP contribution in [0.1, 0.15) is 22.3 Å². The fourth-order valence-electron chi connectivity index (χ4n) is 2.15. The van der Waals surface area contributed by atoms with Gasteiger partial charge in [-0.1, -0.05) is 12.1 Å². The smallest absolute Gasteiger partial charge is 0.248 e. The van der Waals surface area contributed by atoms with Crippen LogP contribution >= 0.6 is 24.0 Å². The summed E-state index contributed by atoms with van der Waals surface area (Å²) in [6.45, 7) is 4.16. The average Bonchev–Trinajstić information content (AvgIpc) is 2.58. The Morgan fingerprint density at radius 2 is 1.92 bits per heavy atom. The molecule has 0 radical (unpaired) electrons. The van der Waals surface area contributed by atoms with Crippen molar-refractivity contribution in [2.45, 2.75) is 13.0 Å². The Hall–Kier alpha value is -1.39. The van der Waals surface area contributed by atoms with Crippen molar-refractivity contribution in [3.05, 3.63) is 35.4 Å². The van der Waals surface area contributed by atoms with E-state index in [4.69, 9.17) is 10.5 Å². The minimum Gasteiger partial charge on any atom is -0.385 e. The summed E-state index contributed by atoms with van der Waals surface area (Å²) in [6, 6.07) is 7.21. The third kappa shape index (κ3) is 10.3. The number of rotatable bonds is 10. The number of hydrogen-bond acceptors (Lipinski definition) is 4. The number of nitrogens with one attached hydrogen (secondary N) is 2. The van der Waals surface area contributed by atoms with E-state index >= 15 is 0 Å². The molecule has 142 valence electrons. The highest BCUT2D eigenvalue weighted by atomic mass is 127. The van der Waals surface area contributed by atoms with Crippen LogP contribution in [0.2, 0.25) is 0 Å². The number of methoxy groups -OCH3 is 1. The number of ether oxygens (including phenoxy) is 1. The van der Waals surface area contributed by atoms with E-state index < -0.39 is 5.91 Å². The molecule has 1 aromatic carbocycles. The molecule has 8 heteroatoms. The minimum atomic E-state index is -0.415. The predicted octanol–water partition coefficient (Wildman–Crippen LogP) is 1.04. The maximum absolute atomic E-state index is 11.0. The van der Waals surface area contributed by atoms with Crippen molar-refractivity contribution < 1.29 is 9.53 Å². The van der Waals surface area contributed by atoms with Crippen LogP contribution in [-0.4, -0.2) is 64.2 Å². The van der Waals surface area contributed by atoms with Crippen molar-refractivity contribution in [3.8, 4) is 0 Å². The van der Waals surface area contributed by atoms with Gasteiger partial charge in [-0.2, -0.15) is 0 Å². The monoisotopic (exact) mass is 463 g/mol. The molecule has 1 amide bonds. The Bertz CT molecular complexity index is 522.